The second-order valence-corrected chi connectivity index (χ2v) is 6.51. The first kappa shape index (κ1) is 15.0. The fourth-order valence-corrected chi connectivity index (χ4v) is 3.48. The number of amides is 2. The van der Waals surface area contributed by atoms with Gasteiger partial charge in [0.15, 0.2) is 0 Å². The summed E-state index contributed by atoms with van der Waals surface area (Å²) in [5.74, 6) is -0.661. The molecule has 1 aromatic rings. The predicted octanol–water partition coefficient (Wildman–Crippen LogP) is 1.22. The molecule has 2 saturated heterocycles. The van der Waals surface area contributed by atoms with Crippen LogP contribution in [0.5, 0.6) is 0 Å². The van der Waals surface area contributed by atoms with Gasteiger partial charge in [0, 0.05) is 31.4 Å². The molecule has 5 heteroatoms. The first-order valence-electron chi connectivity index (χ1n) is 7.90. The third kappa shape index (κ3) is 2.73. The summed E-state index contributed by atoms with van der Waals surface area (Å²) in [4.78, 5) is 28.7. The fraction of sp³-hybridized carbons (Fsp3) is 0.529. The second-order valence-electron chi connectivity index (χ2n) is 6.51. The molecule has 2 aliphatic rings. The molecule has 0 bridgehead atoms. The van der Waals surface area contributed by atoms with Crippen LogP contribution in [0.15, 0.2) is 18.2 Å². The van der Waals surface area contributed by atoms with Crippen molar-refractivity contribution in [2.75, 3.05) is 24.5 Å². The van der Waals surface area contributed by atoms with E-state index in [1.54, 1.807) is 9.80 Å². The van der Waals surface area contributed by atoms with E-state index in [0.717, 1.165) is 23.2 Å². The zero-order valence-corrected chi connectivity index (χ0v) is 13.2. The number of carbonyl (C=O) groups is 2. The smallest absolute Gasteiger partial charge is 0.239 e. The fourth-order valence-electron chi connectivity index (χ4n) is 3.48. The minimum absolute atomic E-state index is 0.0511. The van der Waals surface area contributed by atoms with Gasteiger partial charge >= 0.3 is 0 Å². The number of rotatable bonds is 2. The van der Waals surface area contributed by atoms with Gasteiger partial charge in [0.05, 0.1) is 0 Å². The van der Waals surface area contributed by atoms with Crippen molar-refractivity contribution in [2.45, 2.75) is 32.7 Å². The highest BCUT2D eigenvalue weighted by Crippen LogP contribution is 2.28. The molecule has 0 spiro atoms. The van der Waals surface area contributed by atoms with Crippen LogP contribution in [-0.4, -0.2) is 42.4 Å². The van der Waals surface area contributed by atoms with Gasteiger partial charge in [-0.1, -0.05) is 6.07 Å². The topological polar surface area (TPSA) is 66.6 Å². The zero-order chi connectivity index (χ0) is 15.9. The summed E-state index contributed by atoms with van der Waals surface area (Å²) in [7, 11) is 0. The van der Waals surface area contributed by atoms with E-state index in [4.69, 9.17) is 5.73 Å². The lowest BCUT2D eigenvalue weighted by Crippen LogP contribution is -2.40. The lowest BCUT2D eigenvalue weighted by Gasteiger charge is -2.21. The van der Waals surface area contributed by atoms with Crippen molar-refractivity contribution in [3.8, 4) is 0 Å². The van der Waals surface area contributed by atoms with E-state index in [0.29, 0.717) is 26.1 Å². The van der Waals surface area contributed by atoms with Gasteiger partial charge < -0.3 is 15.5 Å². The van der Waals surface area contributed by atoms with Crippen LogP contribution in [0.3, 0.4) is 0 Å². The van der Waals surface area contributed by atoms with Crippen LogP contribution in [0.1, 0.15) is 24.0 Å². The summed E-state index contributed by atoms with van der Waals surface area (Å²) in [5, 5.41) is 0. The number of benzene rings is 1. The average Bonchev–Trinajstić information content (AvgIpc) is 3.03. The van der Waals surface area contributed by atoms with Crippen LogP contribution in [0.25, 0.3) is 0 Å². The van der Waals surface area contributed by atoms with Crippen molar-refractivity contribution < 1.29 is 9.59 Å². The SMILES string of the molecule is Cc1cc(C)cc(N2CC[C@H](C(=O)N3CC[C@H](N)C3)C2=O)c1. The molecule has 0 aromatic heterocycles. The molecule has 2 amide bonds. The number of hydrogen-bond acceptors (Lipinski definition) is 3. The maximum absolute atomic E-state index is 12.7. The number of anilines is 1. The van der Waals surface area contributed by atoms with Gasteiger partial charge in [-0.05, 0) is 49.9 Å². The monoisotopic (exact) mass is 301 g/mol. The summed E-state index contributed by atoms with van der Waals surface area (Å²) in [5.41, 5.74) is 9.01. The Kier molecular flexibility index (Phi) is 3.91. The van der Waals surface area contributed by atoms with Gasteiger partial charge in [-0.3, -0.25) is 9.59 Å². The third-order valence-corrected chi connectivity index (χ3v) is 4.56. The van der Waals surface area contributed by atoms with E-state index in [9.17, 15) is 9.59 Å². The molecular weight excluding hydrogens is 278 g/mol. The first-order valence-corrected chi connectivity index (χ1v) is 7.90. The molecule has 0 radical (unpaired) electrons. The largest absolute Gasteiger partial charge is 0.340 e. The van der Waals surface area contributed by atoms with Crippen LogP contribution in [0.4, 0.5) is 5.69 Å². The van der Waals surface area contributed by atoms with Gasteiger partial charge in [-0.2, -0.15) is 0 Å². The van der Waals surface area contributed by atoms with Crippen molar-refractivity contribution in [1.82, 2.24) is 4.90 Å². The minimum atomic E-state index is -0.536. The van der Waals surface area contributed by atoms with Crippen LogP contribution >= 0.6 is 0 Å². The van der Waals surface area contributed by atoms with Crippen molar-refractivity contribution in [1.29, 1.82) is 0 Å². The van der Waals surface area contributed by atoms with E-state index in [-0.39, 0.29) is 17.9 Å². The molecule has 2 atom stereocenters. The Bertz CT molecular complexity index is 594. The van der Waals surface area contributed by atoms with E-state index in [1.807, 2.05) is 26.0 Å². The van der Waals surface area contributed by atoms with Gasteiger partial charge in [0.2, 0.25) is 11.8 Å². The van der Waals surface area contributed by atoms with E-state index in [2.05, 4.69) is 6.07 Å². The molecule has 2 heterocycles. The second kappa shape index (κ2) is 5.72. The number of hydrogen-bond donors (Lipinski definition) is 1. The predicted molar refractivity (Wildman–Crippen MR) is 85.5 cm³/mol. The maximum Gasteiger partial charge on any atom is 0.239 e. The minimum Gasteiger partial charge on any atom is -0.340 e. The van der Waals surface area contributed by atoms with Crippen molar-refractivity contribution >= 4 is 17.5 Å². The van der Waals surface area contributed by atoms with Gasteiger partial charge in [0.1, 0.15) is 5.92 Å². The number of carbonyl (C=O) groups excluding carboxylic acids is 2. The van der Waals surface area contributed by atoms with Crippen molar-refractivity contribution in [3.63, 3.8) is 0 Å². The Morgan fingerprint density at radius 3 is 2.41 bits per heavy atom. The van der Waals surface area contributed by atoms with Crippen LogP contribution in [0.2, 0.25) is 0 Å². The van der Waals surface area contributed by atoms with Gasteiger partial charge in [0.25, 0.3) is 0 Å². The highest BCUT2D eigenvalue weighted by Gasteiger charge is 2.41. The molecule has 2 aliphatic heterocycles. The highest BCUT2D eigenvalue weighted by atomic mass is 16.2. The summed E-state index contributed by atoms with van der Waals surface area (Å²) in [6.07, 6.45) is 1.42. The Labute approximate surface area is 131 Å². The van der Waals surface area contributed by atoms with E-state index in [1.165, 1.54) is 0 Å². The average molecular weight is 301 g/mol. The molecule has 118 valence electrons. The molecule has 0 aliphatic carbocycles. The van der Waals surface area contributed by atoms with Crippen LogP contribution < -0.4 is 10.6 Å². The number of nitrogens with zero attached hydrogens (tertiary/aromatic N) is 2. The number of nitrogens with two attached hydrogens (primary N) is 1. The standard InChI is InChI=1S/C17H23N3O2/c1-11-7-12(2)9-14(8-11)20-6-4-15(17(20)22)16(21)19-5-3-13(18)10-19/h7-9,13,15H,3-6,10,18H2,1-2H3/t13-,15+/m0/s1. The highest BCUT2D eigenvalue weighted by molar-refractivity contribution is 6.09. The molecule has 22 heavy (non-hydrogen) atoms. The summed E-state index contributed by atoms with van der Waals surface area (Å²) >= 11 is 0. The van der Waals surface area contributed by atoms with Crippen LogP contribution in [0, 0.1) is 19.8 Å². The Morgan fingerprint density at radius 1 is 1.14 bits per heavy atom. The number of likely N-dealkylation sites (tertiary alicyclic amines) is 1. The lowest BCUT2D eigenvalue weighted by atomic mass is 10.1. The maximum atomic E-state index is 12.7. The molecule has 0 unspecified atom stereocenters. The van der Waals surface area contributed by atoms with Crippen molar-refractivity contribution in [3.05, 3.63) is 29.3 Å². The van der Waals surface area contributed by atoms with E-state index >= 15 is 0 Å². The summed E-state index contributed by atoms with van der Waals surface area (Å²) < 4.78 is 0. The molecule has 3 rings (SSSR count). The summed E-state index contributed by atoms with van der Waals surface area (Å²) in [6, 6.07) is 6.14. The van der Waals surface area contributed by atoms with Gasteiger partial charge in [-0.25, -0.2) is 0 Å². The molecule has 5 nitrogen and oxygen atoms in total. The normalized spacial score (nSPS) is 25.1. The molecule has 0 saturated carbocycles. The Morgan fingerprint density at radius 2 is 1.82 bits per heavy atom. The Hall–Kier alpha value is -1.88. The van der Waals surface area contributed by atoms with Gasteiger partial charge in [-0.15, -0.1) is 0 Å². The molecule has 2 fully saturated rings. The van der Waals surface area contributed by atoms with Crippen LogP contribution in [-0.2, 0) is 9.59 Å². The first-order chi connectivity index (χ1) is 10.5. The Balaban J connectivity index is 1.76. The molecule has 2 N–H and O–H groups in total. The summed E-state index contributed by atoms with van der Waals surface area (Å²) in [6.45, 7) is 5.90. The molecule has 1 aromatic carbocycles. The molecular formula is C17H23N3O2. The quantitative estimate of drug-likeness (QED) is 0.835. The van der Waals surface area contributed by atoms with Crippen molar-refractivity contribution in [2.24, 2.45) is 11.7 Å². The zero-order valence-electron chi connectivity index (χ0n) is 13.2. The van der Waals surface area contributed by atoms with E-state index < -0.39 is 5.92 Å². The third-order valence-electron chi connectivity index (χ3n) is 4.56. The lowest BCUT2D eigenvalue weighted by molar-refractivity contribution is -0.139. The number of aryl methyl sites for hydroxylation is 2.